The molecule has 2 N–H and O–H groups in total. The average Bonchev–Trinajstić information content (AvgIpc) is 1.97. The summed E-state index contributed by atoms with van der Waals surface area (Å²) in [6, 6.07) is 0. The van der Waals surface area contributed by atoms with E-state index in [-0.39, 0.29) is 12.4 Å². The molecular weight excluding hydrogens is 213 g/mol. The third-order valence-electron chi connectivity index (χ3n) is 1.59. The van der Waals surface area contributed by atoms with Crippen LogP contribution in [0.3, 0.4) is 0 Å². The molecule has 0 saturated carbocycles. The predicted octanol–water partition coefficient (Wildman–Crippen LogP) is 3.21. The summed E-state index contributed by atoms with van der Waals surface area (Å²) >= 11 is 5.66. The van der Waals surface area contributed by atoms with Crippen molar-refractivity contribution in [3.8, 4) is 0 Å². The molecule has 0 radical (unpaired) electrons. The van der Waals surface area contributed by atoms with Crippen molar-refractivity contribution >= 4 is 30.1 Å². The zero-order valence-corrected chi connectivity index (χ0v) is 9.33. The van der Waals surface area contributed by atoms with E-state index < -0.39 is 11.6 Å². The molecule has 0 aromatic heterocycles. The summed E-state index contributed by atoms with van der Waals surface area (Å²) in [6.45, 7) is 2.13. The van der Waals surface area contributed by atoms with Gasteiger partial charge in [0, 0.05) is 0 Å². The smallest absolute Gasteiger partial charge is 0.405 e. The zero-order chi connectivity index (χ0) is 9.40. The second-order valence-corrected chi connectivity index (χ2v) is 3.29. The van der Waals surface area contributed by atoms with E-state index in [4.69, 9.17) is 16.7 Å². The molecule has 1 amide bonds. The van der Waals surface area contributed by atoms with Gasteiger partial charge < -0.3 is 10.4 Å². The van der Waals surface area contributed by atoms with E-state index in [0.29, 0.717) is 6.42 Å². The minimum atomic E-state index is -1.05. The van der Waals surface area contributed by atoms with Crippen molar-refractivity contribution in [3.63, 3.8) is 0 Å². The summed E-state index contributed by atoms with van der Waals surface area (Å²) in [4.78, 5) is 10.1. The molecule has 0 aromatic rings. The number of amides is 1. The molecule has 0 aliphatic rings. The van der Waals surface area contributed by atoms with E-state index in [9.17, 15) is 4.79 Å². The van der Waals surface area contributed by atoms with Gasteiger partial charge in [-0.2, -0.15) is 0 Å². The normalized spacial score (nSPS) is 11.5. The molecule has 3 nitrogen and oxygen atoms in total. The highest BCUT2D eigenvalue weighted by atomic mass is 35.5. The van der Waals surface area contributed by atoms with Crippen LogP contribution in [0.2, 0.25) is 0 Å². The van der Waals surface area contributed by atoms with Crippen LogP contribution in [0, 0.1) is 0 Å². The van der Waals surface area contributed by atoms with Gasteiger partial charge in [-0.3, -0.25) is 0 Å². The van der Waals surface area contributed by atoms with Crippen LogP contribution in [0.5, 0.6) is 0 Å². The average molecular weight is 230 g/mol. The molecule has 0 aliphatic heterocycles. The van der Waals surface area contributed by atoms with Gasteiger partial charge in [-0.25, -0.2) is 4.79 Å². The first kappa shape index (κ1) is 15.3. The van der Waals surface area contributed by atoms with Crippen molar-refractivity contribution in [2.75, 3.05) is 0 Å². The maximum Gasteiger partial charge on any atom is 0.405 e. The fraction of sp³-hybridized carbons (Fsp3) is 0.875. The number of carboxylic acid groups (broad SMARTS) is 1. The molecule has 0 rings (SSSR count). The molecule has 0 spiro atoms. The molecule has 0 saturated heterocycles. The van der Waals surface area contributed by atoms with Gasteiger partial charge in [-0.15, -0.1) is 12.4 Å². The Balaban J connectivity index is 0. The first-order valence-electron chi connectivity index (χ1n) is 4.30. The number of halogens is 2. The predicted molar refractivity (Wildman–Crippen MR) is 56.8 cm³/mol. The SMILES string of the molecule is CCCCCCC(Cl)NC(=O)O.Cl. The van der Waals surface area contributed by atoms with Crippen LogP contribution in [-0.2, 0) is 0 Å². The fourth-order valence-corrected chi connectivity index (χ4v) is 1.20. The minimum absolute atomic E-state index is 0. The number of nitrogens with one attached hydrogen (secondary N) is 1. The van der Waals surface area contributed by atoms with E-state index in [0.717, 1.165) is 12.8 Å². The molecule has 0 fully saturated rings. The number of hydrogen-bond acceptors (Lipinski definition) is 1. The lowest BCUT2D eigenvalue weighted by Crippen LogP contribution is -2.28. The Morgan fingerprint density at radius 1 is 1.46 bits per heavy atom. The highest BCUT2D eigenvalue weighted by molar-refractivity contribution is 6.21. The van der Waals surface area contributed by atoms with Crippen LogP contribution in [0.1, 0.15) is 39.0 Å². The summed E-state index contributed by atoms with van der Waals surface area (Å²) in [5.74, 6) is 0. The van der Waals surface area contributed by atoms with Crippen LogP contribution in [0.15, 0.2) is 0 Å². The molecule has 1 unspecified atom stereocenters. The maximum absolute atomic E-state index is 10.1. The molecule has 5 heteroatoms. The lowest BCUT2D eigenvalue weighted by atomic mass is 10.1. The monoisotopic (exact) mass is 229 g/mol. The summed E-state index contributed by atoms with van der Waals surface area (Å²) in [6.07, 6.45) is 4.15. The topological polar surface area (TPSA) is 49.3 Å². The van der Waals surface area contributed by atoms with Crippen LogP contribution in [-0.4, -0.2) is 16.7 Å². The van der Waals surface area contributed by atoms with Crippen molar-refractivity contribution in [3.05, 3.63) is 0 Å². The first-order chi connectivity index (χ1) is 5.66. The van der Waals surface area contributed by atoms with E-state index >= 15 is 0 Å². The Morgan fingerprint density at radius 3 is 2.54 bits per heavy atom. The Labute approximate surface area is 90.3 Å². The Kier molecular flexibility index (Phi) is 11.7. The van der Waals surface area contributed by atoms with Crippen molar-refractivity contribution in [1.82, 2.24) is 5.32 Å². The van der Waals surface area contributed by atoms with Gasteiger partial charge in [-0.05, 0) is 6.42 Å². The van der Waals surface area contributed by atoms with Gasteiger partial charge in [0.15, 0.2) is 0 Å². The van der Waals surface area contributed by atoms with Gasteiger partial charge in [0.2, 0.25) is 0 Å². The molecule has 13 heavy (non-hydrogen) atoms. The number of alkyl halides is 1. The maximum atomic E-state index is 10.1. The molecular formula is C8H17Cl2NO2. The molecule has 0 aliphatic carbocycles. The summed E-state index contributed by atoms with van der Waals surface area (Å²) in [7, 11) is 0. The van der Waals surface area contributed by atoms with E-state index in [2.05, 4.69) is 12.2 Å². The molecule has 80 valence electrons. The molecule has 0 heterocycles. The summed E-state index contributed by atoms with van der Waals surface area (Å²) < 4.78 is 0. The quantitative estimate of drug-likeness (QED) is 0.418. The number of rotatable bonds is 6. The van der Waals surface area contributed by atoms with Crippen molar-refractivity contribution < 1.29 is 9.90 Å². The van der Waals surface area contributed by atoms with Crippen LogP contribution in [0.25, 0.3) is 0 Å². The lowest BCUT2D eigenvalue weighted by molar-refractivity contribution is 0.192. The van der Waals surface area contributed by atoms with Crippen LogP contribution >= 0.6 is 24.0 Å². The van der Waals surface area contributed by atoms with Crippen LogP contribution in [0.4, 0.5) is 4.79 Å². The van der Waals surface area contributed by atoms with Crippen LogP contribution < -0.4 is 5.32 Å². The molecule has 1 atom stereocenters. The van der Waals surface area contributed by atoms with E-state index in [1.165, 1.54) is 12.8 Å². The van der Waals surface area contributed by atoms with E-state index in [1.807, 2.05) is 0 Å². The van der Waals surface area contributed by atoms with Gasteiger partial charge in [0.25, 0.3) is 0 Å². The minimum Gasteiger partial charge on any atom is -0.465 e. The second kappa shape index (κ2) is 9.93. The Morgan fingerprint density at radius 2 is 2.08 bits per heavy atom. The third kappa shape index (κ3) is 11.9. The van der Waals surface area contributed by atoms with Crippen molar-refractivity contribution in [2.24, 2.45) is 0 Å². The summed E-state index contributed by atoms with van der Waals surface area (Å²) in [5, 5.41) is 10.5. The second-order valence-electron chi connectivity index (χ2n) is 2.77. The molecule has 0 aromatic carbocycles. The van der Waals surface area contributed by atoms with Gasteiger partial charge >= 0.3 is 6.09 Å². The van der Waals surface area contributed by atoms with Crippen molar-refractivity contribution in [1.29, 1.82) is 0 Å². The Bertz CT molecular complexity index is 133. The Hall–Kier alpha value is -0.150. The largest absolute Gasteiger partial charge is 0.465 e. The standard InChI is InChI=1S/C8H16ClNO2.ClH/c1-2-3-4-5-6-7(9)10-8(11)12;/h7,10H,2-6H2,1H3,(H,11,12);1H. The van der Waals surface area contributed by atoms with Gasteiger partial charge in [-0.1, -0.05) is 44.2 Å². The number of hydrogen-bond donors (Lipinski definition) is 2. The van der Waals surface area contributed by atoms with Gasteiger partial charge in [0.05, 0.1) is 0 Å². The highest BCUT2D eigenvalue weighted by Gasteiger charge is 2.05. The van der Waals surface area contributed by atoms with Crippen molar-refractivity contribution in [2.45, 2.75) is 44.5 Å². The summed E-state index contributed by atoms with van der Waals surface area (Å²) in [5.41, 5.74) is -0.431. The fourth-order valence-electron chi connectivity index (χ4n) is 0.956. The zero-order valence-electron chi connectivity index (χ0n) is 7.75. The third-order valence-corrected chi connectivity index (χ3v) is 1.92. The lowest BCUT2D eigenvalue weighted by Gasteiger charge is -2.07. The molecule has 0 bridgehead atoms. The highest BCUT2D eigenvalue weighted by Crippen LogP contribution is 2.07. The first-order valence-corrected chi connectivity index (χ1v) is 4.74. The van der Waals surface area contributed by atoms with Gasteiger partial charge in [0.1, 0.15) is 5.50 Å². The number of carbonyl (C=O) groups is 1. The number of unbranched alkanes of at least 4 members (excludes halogenated alkanes) is 3. The van der Waals surface area contributed by atoms with E-state index in [1.54, 1.807) is 0 Å².